The van der Waals surface area contributed by atoms with Crippen LogP contribution >= 0.6 is 0 Å². The molecule has 3 N–H and O–H groups in total. The minimum atomic E-state index is -0.411. The summed E-state index contributed by atoms with van der Waals surface area (Å²) in [6.45, 7) is 3.77. The molecule has 1 heterocycles. The number of aromatic hydroxyl groups is 1. The Hall–Kier alpha value is -1.13. The van der Waals surface area contributed by atoms with Crippen LogP contribution in [0.25, 0.3) is 0 Å². The van der Waals surface area contributed by atoms with Crippen LogP contribution < -0.4 is 5.73 Å². The van der Waals surface area contributed by atoms with Crippen LogP contribution in [0.5, 0.6) is 5.75 Å². The van der Waals surface area contributed by atoms with E-state index in [2.05, 4.69) is 4.90 Å². The lowest BCUT2D eigenvalue weighted by atomic mass is 10.1. The monoisotopic (exact) mass is 224 g/mol. The van der Waals surface area contributed by atoms with Gasteiger partial charge in [-0.05, 0) is 19.4 Å². The molecule has 1 aromatic rings. The van der Waals surface area contributed by atoms with E-state index in [1.54, 1.807) is 6.07 Å². The van der Waals surface area contributed by atoms with Crippen molar-refractivity contribution in [1.82, 2.24) is 4.90 Å². The first-order chi connectivity index (χ1) is 7.58. The zero-order chi connectivity index (χ0) is 11.7. The summed E-state index contributed by atoms with van der Waals surface area (Å²) in [5, 5.41) is 9.69. The van der Waals surface area contributed by atoms with E-state index in [1.807, 2.05) is 6.92 Å². The number of likely N-dealkylation sites (tertiary alicyclic amines) is 1. The predicted octanol–water partition coefficient (Wildman–Crippen LogP) is 1.63. The van der Waals surface area contributed by atoms with Crippen molar-refractivity contribution in [2.75, 3.05) is 13.1 Å². The lowest BCUT2D eigenvalue weighted by molar-refractivity contribution is 0.254. The summed E-state index contributed by atoms with van der Waals surface area (Å²) in [4.78, 5) is 2.21. The number of phenolic OH excluding ortho intramolecular Hbond substituents is 1. The standard InChI is InChI=1S/C12H17FN2O/c1-8(15-5-4-10(14)7-15)11-3-2-9(13)6-12(11)16/h2-3,6,8,10,16H,4-5,7,14H2,1H3. The molecule has 4 heteroatoms. The van der Waals surface area contributed by atoms with E-state index in [4.69, 9.17) is 5.73 Å². The number of rotatable bonds is 2. The first-order valence-corrected chi connectivity index (χ1v) is 5.56. The molecule has 1 fully saturated rings. The van der Waals surface area contributed by atoms with Crippen molar-refractivity contribution in [1.29, 1.82) is 0 Å². The van der Waals surface area contributed by atoms with Crippen molar-refractivity contribution in [2.45, 2.75) is 25.4 Å². The van der Waals surface area contributed by atoms with Crippen LogP contribution in [0.1, 0.15) is 24.9 Å². The number of hydrogen-bond donors (Lipinski definition) is 2. The molecule has 88 valence electrons. The summed E-state index contributed by atoms with van der Waals surface area (Å²) in [6, 6.07) is 4.46. The Kier molecular flexibility index (Phi) is 3.12. The highest BCUT2D eigenvalue weighted by molar-refractivity contribution is 5.35. The van der Waals surface area contributed by atoms with E-state index < -0.39 is 5.82 Å². The number of benzene rings is 1. The van der Waals surface area contributed by atoms with Crippen molar-refractivity contribution in [3.8, 4) is 5.75 Å². The fourth-order valence-corrected chi connectivity index (χ4v) is 2.23. The van der Waals surface area contributed by atoms with E-state index in [1.165, 1.54) is 6.07 Å². The largest absolute Gasteiger partial charge is 0.508 e. The van der Waals surface area contributed by atoms with Gasteiger partial charge in [0.25, 0.3) is 0 Å². The van der Waals surface area contributed by atoms with Gasteiger partial charge in [-0.1, -0.05) is 6.07 Å². The third kappa shape index (κ3) is 2.18. The number of hydrogen-bond acceptors (Lipinski definition) is 3. The van der Waals surface area contributed by atoms with Crippen LogP contribution in [0.15, 0.2) is 18.2 Å². The average Bonchev–Trinajstić information content (AvgIpc) is 2.64. The number of halogens is 1. The molecular weight excluding hydrogens is 207 g/mol. The maximum absolute atomic E-state index is 12.9. The molecule has 0 bridgehead atoms. The fourth-order valence-electron chi connectivity index (χ4n) is 2.23. The molecule has 2 atom stereocenters. The number of nitrogens with two attached hydrogens (primary N) is 1. The second-order valence-electron chi connectivity index (χ2n) is 4.42. The molecule has 0 spiro atoms. The molecular formula is C12H17FN2O. The Bertz CT molecular complexity index is 383. The van der Waals surface area contributed by atoms with Crippen LogP contribution in [-0.4, -0.2) is 29.1 Å². The van der Waals surface area contributed by atoms with Gasteiger partial charge in [0.2, 0.25) is 0 Å². The molecule has 1 aromatic carbocycles. The summed E-state index contributed by atoms with van der Waals surface area (Å²) in [6.07, 6.45) is 0.978. The average molecular weight is 224 g/mol. The first kappa shape index (κ1) is 11.4. The van der Waals surface area contributed by atoms with Crippen molar-refractivity contribution in [2.24, 2.45) is 5.73 Å². The van der Waals surface area contributed by atoms with Crippen molar-refractivity contribution >= 4 is 0 Å². The fraction of sp³-hybridized carbons (Fsp3) is 0.500. The van der Waals surface area contributed by atoms with Crippen molar-refractivity contribution < 1.29 is 9.50 Å². The van der Waals surface area contributed by atoms with Gasteiger partial charge in [0.1, 0.15) is 11.6 Å². The molecule has 0 radical (unpaired) electrons. The summed E-state index contributed by atoms with van der Waals surface area (Å²) < 4.78 is 12.9. The summed E-state index contributed by atoms with van der Waals surface area (Å²) in [7, 11) is 0. The first-order valence-electron chi connectivity index (χ1n) is 5.56. The van der Waals surface area contributed by atoms with Crippen LogP contribution in [-0.2, 0) is 0 Å². The molecule has 0 saturated carbocycles. The Morgan fingerprint density at radius 3 is 2.88 bits per heavy atom. The van der Waals surface area contributed by atoms with Gasteiger partial charge in [-0.15, -0.1) is 0 Å². The van der Waals surface area contributed by atoms with E-state index in [-0.39, 0.29) is 17.8 Å². The third-order valence-corrected chi connectivity index (χ3v) is 3.25. The number of nitrogens with zero attached hydrogens (tertiary/aromatic N) is 1. The molecule has 0 amide bonds. The van der Waals surface area contributed by atoms with Gasteiger partial charge in [0.15, 0.2) is 0 Å². The Morgan fingerprint density at radius 2 is 2.31 bits per heavy atom. The second-order valence-corrected chi connectivity index (χ2v) is 4.42. The molecule has 1 aliphatic heterocycles. The zero-order valence-electron chi connectivity index (χ0n) is 9.36. The van der Waals surface area contributed by atoms with E-state index in [0.29, 0.717) is 0 Å². The minimum Gasteiger partial charge on any atom is -0.508 e. The van der Waals surface area contributed by atoms with E-state index in [9.17, 15) is 9.50 Å². The summed E-state index contributed by atoms with van der Waals surface area (Å²) in [5.41, 5.74) is 6.60. The van der Waals surface area contributed by atoms with Crippen LogP contribution in [0.2, 0.25) is 0 Å². The van der Waals surface area contributed by atoms with Crippen LogP contribution in [0, 0.1) is 5.82 Å². The van der Waals surface area contributed by atoms with E-state index >= 15 is 0 Å². The topological polar surface area (TPSA) is 49.5 Å². The normalized spacial score (nSPS) is 23.6. The highest BCUT2D eigenvalue weighted by Crippen LogP contribution is 2.30. The predicted molar refractivity (Wildman–Crippen MR) is 60.6 cm³/mol. The molecule has 1 saturated heterocycles. The molecule has 3 nitrogen and oxygen atoms in total. The molecule has 2 unspecified atom stereocenters. The molecule has 1 aliphatic rings. The van der Waals surface area contributed by atoms with Gasteiger partial charge >= 0.3 is 0 Å². The van der Waals surface area contributed by atoms with Crippen LogP contribution in [0.3, 0.4) is 0 Å². The second kappa shape index (κ2) is 4.39. The van der Waals surface area contributed by atoms with Gasteiger partial charge in [-0.25, -0.2) is 4.39 Å². The lowest BCUT2D eigenvalue weighted by Gasteiger charge is -2.25. The molecule has 16 heavy (non-hydrogen) atoms. The lowest BCUT2D eigenvalue weighted by Crippen LogP contribution is -2.28. The van der Waals surface area contributed by atoms with Crippen molar-refractivity contribution in [3.63, 3.8) is 0 Å². The SMILES string of the molecule is CC(c1ccc(F)cc1O)N1CCC(N)C1. The maximum atomic E-state index is 12.9. The zero-order valence-corrected chi connectivity index (χ0v) is 9.36. The summed E-state index contributed by atoms with van der Waals surface area (Å²) in [5.74, 6) is -0.389. The smallest absolute Gasteiger partial charge is 0.126 e. The summed E-state index contributed by atoms with van der Waals surface area (Å²) >= 11 is 0. The Morgan fingerprint density at radius 1 is 1.56 bits per heavy atom. The minimum absolute atomic E-state index is 0.0213. The maximum Gasteiger partial charge on any atom is 0.126 e. The van der Waals surface area contributed by atoms with Gasteiger partial charge < -0.3 is 10.8 Å². The van der Waals surface area contributed by atoms with Crippen LogP contribution in [0.4, 0.5) is 4.39 Å². The third-order valence-electron chi connectivity index (χ3n) is 3.25. The molecule has 0 aliphatic carbocycles. The number of phenols is 1. The van der Waals surface area contributed by atoms with Gasteiger partial charge in [-0.3, -0.25) is 4.90 Å². The van der Waals surface area contributed by atoms with Gasteiger partial charge in [0.05, 0.1) is 0 Å². The Balaban J connectivity index is 2.17. The van der Waals surface area contributed by atoms with Gasteiger partial charge in [-0.2, -0.15) is 0 Å². The van der Waals surface area contributed by atoms with Crippen molar-refractivity contribution in [3.05, 3.63) is 29.6 Å². The quantitative estimate of drug-likeness (QED) is 0.802. The van der Waals surface area contributed by atoms with E-state index in [0.717, 1.165) is 31.1 Å². The Labute approximate surface area is 94.7 Å². The molecule has 0 aromatic heterocycles. The molecule has 2 rings (SSSR count). The highest BCUT2D eigenvalue weighted by Gasteiger charge is 2.25. The van der Waals surface area contributed by atoms with Gasteiger partial charge in [0, 0.05) is 36.8 Å². The highest BCUT2D eigenvalue weighted by atomic mass is 19.1.